The summed E-state index contributed by atoms with van der Waals surface area (Å²) >= 11 is 6.09. The van der Waals surface area contributed by atoms with E-state index in [0.717, 1.165) is 43.7 Å². The SMILES string of the molecule is CCCc1nc(Cl)cc(NC2CCc3ccccc3C2)n1. The summed E-state index contributed by atoms with van der Waals surface area (Å²) in [4.78, 5) is 8.83. The van der Waals surface area contributed by atoms with Crippen molar-refractivity contribution in [3.8, 4) is 0 Å². The van der Waals surface area contributed by atoms with Gasteiger partial charge in [0.05, 0.1) is 0 Å². The van der Waals surface area contributed by atoms with Crippen molar-refractivity contribution in [1.29, 1.82) is 0 Å². The minimum Gasteiger partial charge on any atom is -0.367 e. The third kappa shape index (κ3) is 3.53. The number of hydrogen-bond donors (Lipinski definition) is 1. The number of aromatic nitrogens is 2. The Labute approximate surface area is 130 Å². The standard InChI is InChI=1S/C17H20ClN3/c1-2-5-16-20-15(18)11-17(21-16)19-14-9-8-12-6-3-4-7-13(12)10-14/h3-4,6-7,11,14H,2,5,8-10H2,1H3,(H,19,20,21). The molecule has 1 aromatic heterocycles. The predicted octanol–water partition coefficient (Wildman–Crippen LogP) is 4.05. The van der Waals surface area contributed by atoms with Crippen LogP contribution >= 0.6 is 11.6 Å². The molecule has 0 amide bonds. The first kappa shape index (κ1) is 14.3. The van der Waals surface area contributed by atoms with Crippen molar-refractivity contribution >= 4 is 17.4 Å². The van der Waals surface area contributed by atoms with Gasteiger partial charge in [-0.2, -0.15) is 0 Å². The van der Waals surface area contributed by atoms with E-state index < -0.39 is 0 Å². The maximum absolute atomic E-state index is 6.09. The van der Waals surface area contributed by atoms with Gasteiger partial charge in [-0.1, -0.05) is 42.8 Å². The highest BCUT2D eigenvalue weighted by molar-refractivity contribution is 6.29. The topological polar surface area (TPSA) is 37.8 Å². The highest BCUT2D eigenvalue weighted by atomic mass is 35.5. The predicted molar refractivity (Wildman–Crippen MR) is 86.9 cm³/mol. The van der Waals surface area contributed by atoms with Gasteiger partial charge in [0.1, 0.15) is 16.8 Å². The summed E-state index contributed by atoms with van der Waals surface area (Å²) in [5.74, 6) is 1.67. The van der Waals surface area contributed by atoms with Gasteiger partial charge in [-0.3, -0.25) is 0 Å². The number of hydrogen-bond acceptors (Lipinski definition) is 3. The summed E-state index contributed by atoms with van der Waals surface area (Å²) in [5, 5.41) is 4.05. The molecule has 0 bridgehead atoms. The second kappa shape index (κ2) is 6.44. The van der Waals surface area contributed by atoms with Gasteiger partial charge in [0.15, 0.2) is 0 Å². The van der Waals surface area contributed by atoms with Crippen LogP contribution in [0.15, 0.2) is 30.3 Å². The van der Waals surface area contributed by atoms with Crippen LogP contribution < -0.4 is 5.32 Å². The summed E-state index contributed by atoms with van der Waals surface area (Å²) in [7, 11) is 0. The number of rotatable bonds is 4. The third-order valence-electron chi connectivity index (χ3n) is 3.91. The van der Waals surface area contributed by atoms with E-state index in [0.29, 0.717) is 11.2 Å². The van der Waals surface area contributed by atoms with Crippen molar-refractivity contribution < 1.29 is 0 Å². The summed E-state index contributed by atoms with van der Waals surface area (Å²) in [6.07, 6.45) is 5.18. The monoisotopic (exact) mass is 301 g/mol. The zero-order valence-electron chi connectivity index (χ0n) is 12.3. The van der Waals surface area contributed by atoms with Crippen molar-refractivity contribution in [2.75, 3.05) is 5.32 Å². The maximum Gasteiger partial charge on any atom is 0.134 e. The summed E-state index contributed by atoms with van der Waals surface area (Å²) in [6, 6.07) is 10.9. The molecule has 1 aliphatic carbocycles. The van der Waals surface area contributed by atoms with Gasteiger partial charge >= 0.3 is 0 Å². The van der Waals surface area contributed by atoms with Gasteiger partial charge in [0.2, 0.25) is 0 Å². The molecule has 1 unspecified atom stereocenters. The van der Waals surface area contributed by atoms with Crippen LogP contribution in [0, 0.1) is 0 Å². The highest BCUT2D eigenvalue weighted by Gasteiger charge is 2.18. The lowest BCUT2D eigenvalue weighted by Gasteiger charge is -2.26. The van der Waals surface area contributed by atoms with E-state index in [4.69, 9.17) is 11.6 Å². The first-order chi connectivity index (χ1) is 10.2. The zero-order valence-corrected chi connectivity index (χ0v) is 13.0. The number of nitrogens with zero attached hydrogens (tertiary/aromatic N) is 2. The Bertz CT molecular complexity index is 627. The van der Waals surface area contributed by atoms with Gasteiger partial charge < -0.3 is 5.32 Å². The Morgan fingerprint density at radius 1 is 1.24 bits per heavy atom. The number of nitrogens with one attached hydrogen (secondary N) is 1. The van der Waals surface area contributed by atoms with Crippen LogP contribution in [-0.2, 0) is 19.3 Å². The second-order valence-electron chi connectivity index (χ2n) is 5.59. The van der Waals surface area contributed by atoms with E-state index in [-0.39, 0.29) is 0 Å². The maximum atomic E-state index is 6.09. The molecule has 1 heterocycles. The van der Waals surface area contributed by atoms with Gasteiger partial charge in [0, 0.05) is 18.5 Å². The molecule has 21 heavy (non-hydrogen) atoms. The molecule has 1 aromatic carbocycles. The lowest BCUT2D eigenvalue weighted by atomic mass is 9.88. The molecule has 0 spiro atoms. The van der Waals surface area contributed by atoms with E-state index >= 15 is 0 Å². The van der Waals surface area contributed by atoms with E-state index in [1.165, 1.54) is 11.1 Å². The van der Waals surface area contributed by atoms with Gasteiger partial charge in [-0.25, -0.2) is 9.97 Å². The molecule has 4 heteroatoms. The lowest BCUT2D eigenvalue weighted by molar-refractivity contribution is 0.608. The van der Waals surface area contributed by atoms with E-state index in [2.05, 4.69) is 46.5 Å². The molecule has 3 nitrogen and oxygen atoms in total. The molecule has 0 radical (unpaired) electrons. The lowest BCUT2D eigenvalue weighted by Crippen LogP contribution is -2.27. The van der Waals surface area contributed by atoms with Crippen LogP contribution in [-0.4, -0.2) is 16.0 Å². The summed E-state index contributed by atoms with van der Waals surface area (Å²) in [6.45, 7) is 2.12. The van der Waals surface area contributed by atoms with Crippen LogP contribution in [0.25, 0.3) is 0 Å². The molecule has 1 N–H and O–H groups in total. The van der Waals surface area contributed by atoms with Crippen molar-refractivity contribution in [2.24, 2.45) is 0 Å². The van der Waals surface area contributed by atoms with Crippen molar-refractivity contribution in [2.45, 2.75) is 45.1 Å². The van der Waals surface area contributed by atoms with Crippen molar-refractivity contribution in [3.05, 3.63) is 52.4 Å². The molecule has 1 aliphatic rings. The molecule has 0 fully saturated rings. The Hall–Kier alpha value is -1.61. The summed E-state index contributed by atoms with van der Waals surface area (Å²) in [5.41, 5.74) is 2.91. The van der Waals surface area contributed by atoms with Crippen LogP contribution in [0.1, 0.15) is 36.7 Å². The van der Waals surface area contributed by atoms with Crippen LogP contribution in [0.5, 0.6) is 0 Å². The Morgan fingerprint density at radius 3 is 2.86 bits per heavy atom. The van der Waals surface area contributed by atoms with Crippen LogP contribution in [0.4, 0.5) is 5.82 Å². The molecule has 0 aliphatic heterocycles. The number of anilines is 1. The Kier molecular flexibility index (Phi) is 4.39. The largest absolute Gasteiger partial charge is 0.367 e. The Morgan fingerprint density at radius 2 is 2.05 bits per heavy atom. The van der Waals surface area contributed by atoms with Gasteiger partial charge in [0.25, 0.3) is 0 Å². The van der Waals surface area contributed by atoms with E-state index in [9.17, 15) is 0 Å². The number of halogens is 1. The fourth-order valence-corrected chi connectivity index (χ4v) is 3.11. The highest BCUT2D eigenvalue weighted by Crippen LogP contribution is 2.23. The smallest absolute Gasteiger partial charge is 0.134 e. The normalized spacial score (nSPS) is 17.3. The van der Waals surface area contributed by atoms with Crippen LogP contribution in [0.2, 0.25) is 5.15 Å². The Balaban J connectivity index is 1.73. The number of aryl methyl sites for hydroxylation is 2. The zero-order chi connectivity index (χ0) is 14.7. The van der Waals surface area contributed by atoms with E-state index in [1.54, 1.807) is 0 Å². The molecular formula is C17H20ClN3. The molecular weight excluding hydrogens is 282 g/mol. The number of benzene rings is 1. The quantitative estimate of drug-likeness (QED) is 0.866. The second-order valence-corrected chi connectivity index (χ2v) is 5.98. The molecule has 2 aromatic rings. The minimum absolute atomic E-state index is 0.417. The first-order valence-electron chi connectivity index (χ1n) is 7.61. The van der Waals surface area contributed by atoms with Crippen molar-refractivity contribution in [3.63, 3.8) is 0 Å². The fraction of sp³-hybridized carbons (Fsp3) is 0.412. The third-order valence-corrected chi connectivity index (χ3v) is 4.11. The molecule has 3 rings (SSSR count). The molecule has 0 saturated heterocycles. The van der Waals surface area contributed by atoms with Gasteiger partial charge in [-0.15, -0.1) is 0 Å². The summed E-state index contributed by atoms with van der Waals surface area (Å²) < 4.78 is 0. The van der Waals surface area contributed by atoms with E-state index in [1.807, 2.05) is 6.07 Å². The average Bonchev–Trinajstić information content (AvgIpc) is 2.47. The average molecular weight is 302 g/mol. The van der Waals surface area contributed by atoms with Crippen molar-refractivity contribution in [1.82, 2.24) is 9.97 Å². The first-order valence-corrected chi connectivity index (χ1v) is 7.99. The molecule has 1 atom stereocenters. The molecule has 0 saturated carbocycles. The molecule has 110 valence electrons. The van der Waals surface area contributed by atoms with Crippen LogP contribution in [0.3, 0.4) is 0 Å². The number of fused-ring (bicyclic) bond motifs is 1. The fourth-order valence-electron chi connectivity index (χ4n) is 2.90. The minimum atomic E-state index is 0.417. The van der Waals surface area contributed by atoms with Gasteiger partial charge in [-0.05, 0) is 36.8 Å².